The second-order valence-corrected chi connectivity index (χ2v) is 5.73. The molecule has 1 heterocycles. The Kier molecular flexibility index (Phi) is 4.23. The highest BCUT2D eigenvalue weighted by atomic mass is 19.1. The lowest BCUT2D eigenvalue weighted by molar-refractivity contribution is 0.441. The first-order valence-corrected chi connectivity index (χ1v) is 6.96. The number of benzene rings is 1. The molecular formula is C16H22FN3. The van der Waals surface area contributed by atoms with Crippen LogP contribution in [-0.2, 0) is 19.4 Å². The molecule has 0 aliphatic heterocycles. The van der Waals surface area contributed by atoms with Crippen molar-refractivity contribution in [3.05, 3.63) is 53.1 Å². The van der Waals surface area contributed by atoms with E-state index in [0.29, 0.717) is 6.42 Å². The highest BCUT2D eigenvalue weighted by Crippen LogP contribution is 2.18. The Labute approximate surface area is 119 Å². The fourth-order valence-electron chi connectivity index (χ4n) is 2.60. The molecule has 2 N–H and O–H groups in total. The molecule has 0 aliphatic rings. The van der Waals surface area contributed by atoms with Gasteiger partial charge in [0.25, 0.3) is 0 Å². The lowest BCUT2D eigenvalue weighted by atomic mass is 9.89. The Bertz CT molecular complexity index is 587. The van der Waals surface area contributed by atoms with Gasteiger partial charge in [0.15, 0.2) is 0 Å². The zero-order chi connectivity index (χ0) is 14.8. The average molecular weight is 275 g/mol. The Morgan fingerprint density at radius 2 is 2.05 bits per heavy atom. The molecule has 0 bridgehead atoms. The number of halogens is 1. The molecule has 108 valence electrons. The van der Waals surface area contributed by atoms with Crippen LogP contribution in [0.1, 0.15) is 30.8 Å². The number of aromatic nitrogens is 2. The Morgan fingerprint density at radius 3 is 2.70 bits per heavy atom. The third kappa shape index (κ3) is 3.67. The summed E-state index contributed by atoms with van der Waals surface area (Å²) in [6.45, 7) is 6.88. The number of hydrogen-bond donors (Lipinski definition) is 1. The van der Waals surface area contributed by atoms with Crippen LogP contribution in [0, 0.1) is 12.7 Å². The van der Waals surface area contributed by atoms with Crippen LogP contribution in [0.5, 0.6) is 0 Å². The molecule has 4 heteroatoms. The van der Waals surface area contributed by atoms with Crippen molar-refractivity contribution in [2.24, 2.45) is 5.73 Å². The van der Waals surface area contributed by atoms with E-state index in [1.54, 1.807) is 12.1 Å². The van der Waals surface area contributed by atoms with Crippen LogP contribution in [0.25, 0.3) is 0 Å². The van der Waals surface area contributed by atoms with Crippen LogP contribution >= 0.6 is 0 Å². The monoisotopic (exact) mass is 275 g/mol. The van der Waals surface area contributed by atoms with E-state index in [4.69, 9.17) is 5.73 Å². The minimum Gasteiger partial charge on any atom is -0.325 e. The van der Waals surface area contributed by atoms with Gasteiger partial charge in [-0.1, -0.05) is 12.1 Å². The quantitative estimate of drug-likeness (QED) is 0.912. The largest absolute Gasteiger partial charge is 0.325 e. The Balaban J connectivity index is 2.14. The van der Waals surface area contributed by atoms with Gasteiger partial charge in [-0.2, -0.15) is 5.10 Å². The van der Waals surface area contributed by atoms with Crippen molar-refractivity contribution < 1.29 is 4.39 Å². The minimum absolute atomic E-state index is 0.215. The summed E-state index contributed by atoms with van der Waals surface area (Å²) in [6.07, 6.45) is 1.36. The highest BCUT2D eigenvalue weighted by Gasteiger charge is 2.22. The SMILES string of the molecule is CCn1nc(C)cc1CC(C)(N)Cc1cccc(F)c1. The van der Waals surface area contributed by atoms with E-state index in [9.17, 15) is 4.39 Å². The van der Waals surface area contributed by atoms with Crippen molar-refractivity contribution >= 4 is 0 Å². The van der Waals surface area contributed by atoms with Gasteiger partial charge in [0, 0.05) is 24.2 Å². The van der Waals surface area contributed by atoms with Crippen molar-refractivity contribution in [1.29, 1.82) is 0 Å². The second kappa shape index (κ2) is 5.75. The van der Waals surface area contributed by atoms with E-state index in [1.807, 2.05) is 24.6 Å². The van der Waals surface area contributed by atoms with E-state index in [-0.39, 0.29) is 5.82 Å². The van der Waals surface area contributed by atoms with Crippen LogP contribution in [-0.4, -0.2) is 15.3 Å². The van der Waals surface area contributed by atoms with Crippen molar-refractivity contribution in [2.75, 3.05) is 0 Å². The molecule has 2 aromatic rings. The third-order valence-corrected chi connectivity index (χ3v) is 3.37. The molecular weight excluding hydrogens is 253 g/mol. The standard InChI is InChI=1S/C16H22FN3/c1-4-20-15(8-12(2)19-20)11-16(3,18)10-13-6-5-7-14(17)9-13/h5-9H,4,10-11,18H2,1-3H3. The van der Waals surface area contributed by atoms with Crippen LogP contribution in [0.15, 0.2) is 30.3 Å². The third-order valence-electron chi connectivity index (χ3n) is 3.37. The molecule has 0 radical (unpaired) electrons. The van der Waals surface area contributed by atoms with Gasteiger partial charge in [-0.05, 0) is 51.0 Å². The highest BCUT2D eigenvalue weighted by molar-refractivity contribution is 5.20. The fourth-order valence-corrected chi connectivity index (χ4v) is 2.60. The summed E-state index contributed by atoms with van der Waals surface area (Å²) in [7, 11) is 0. The number of rotatable bonds is 5. The van der Waals surface area contributed by atoms with E-state index in [2.05, 4.69) is 18.1 Å². The molecule has 1 aromatic heterocycles. The molecule has 0 fully saturated rings. The summed E-state index contributed by atoms with van der Waals surface area (Å²) in [6, 6.07) is 8.71. The molecule has 0 saturated carbocycles. The normalized spacial score (nSPS) is 14.2. The van der Waals surface area contributed by atoms with E-state index in [1.165, 1.54) is 6.07 Å². The second-order valence-electron chi connectivity index (χ2n) is 5.73. The predicted molar refractivity (Wildman–Crippen MR) is 79.0 cm³/mol. The van der Waals surface area contributed by atoms with Crippen molar-refractivity contribution in [2.45, 2.75) is 45.7 Å². The molecule has 1 unspecified atom stereocenters. The fraction of sp³-hybridized carbons (Fsp3) is 0.438. The first kappa shape index (κ1) is 14.7. The van der Waals surface area contributed by atoms with Gasteiger partial charge in [-0.15, -0.1) is 0 Å². The van der Waals surface area contributed by atoms with E-state index < -0.39 is 5.54 Å². The van der Waals surface area contributed by atoms with Gasteiger partial charge in [0.1, 0.15) is 5.82 Å². The van der Waals surface area contributed by atoms with Gasteiger partial charge < -0.3 is 5.73 Å². The lowest BCUT2D eigenvalue weighted by Gasteiger charge is -2.25. The maximum Gasteiger partial charge on any atom is 0.123 e. The van der Waals surface area contributed by atoms with Gasteiger partial charge in [0.2, 0.25) is 0 Å². The first-order chi connectivity index (χ1) is 9.39. The smallest absolute Gasteiger partial charge is 0.123 e. The van der Waals surface area contributed by atoms with Gasteiger partial charge >= 0.3 is 0 Å². The number of aryl methyl sites for hydroxylation is 2. The molecule has 20 heavy (non-hydrogen) atoms. The number of nitrogens with zero attached hydrogens (tertiary/aromatic N) is 2. The zero-order valence-corrected chi connectivity index (χ0v) is 12.4. The molecule has 2 rings (SSSR count). The van der Waals surface area contributed by atoms with Crippen molar-refractivity contribution in [1.82, 2.24) is 9.78 Å². The van der Waals surface area contributed by atoms with Gasteiger partial charge in [-0.25, -0.2) is 4.39 Å². The number of hydrogen-bond acceptors (Lipinski definition) is 2. The van der Waals surface area contributed by atoms with Crippen LogP contribution in [0.4, 0.5) is 4.39 Å². The number of nitrogens with two attached hydrogens (primary N) is 1. The Hall–Kier alpha value is -1.68. The van der Waals surface area contributed by atoms with Gasteiger partial charge in [0.05, 0.1) is 5.69 Å². The van der Waals surface area contributed by atoms with E-state index >= 15 is 0 Å². The minimum atomic E-state index is -0.423. The zero-order valence-electron chi connectivity index (χ0n) is 12.4. The maximum absolute atomic E-state index is 13.2. The first-order valence-electron chi connectivity index (χ1n) is 6.96. The van der Waals surface area contributed by atoms with Gasteiger partial charge in [-0.3, -0.25) is 4.68 Å². The molecule has 0 aliphatic carbocycles. The maximum atomic E-state index is 13.2. The molecule has 1 aromatic carbocycles. The summed E-state index contributed by atoms with van der Waals surface area (Å²) in [5.74, 6) is -0.215. The molecule has 0 saturated heterocycles. The summed E-state index contributed by atoms with van der Waals surface area (Å²) < 4.78 is 15.2. The summed E-state index contributed by atoms with van der Waals surface area (Å²) in [4.78, 5) is 0. The van der Waals surface area contributed by atoms with Crippen LogP contribution in [0.3, 0.4) is 0 Å². The van der Waals surface area contributed by atoms with E-state index in [0.717, 1.165) is 29.9 Å². The Morgan fingerprint density at radius 1 is 1.30 bits per heavy atom. The molecule has 0 amide bonds. The predicted octanol–water partition coefficient (Wildman–Crippen LogP) is 2.85. The lowest BCUT2D eigenvalue weighted by Crippen LogP contribution is -2.41. The summed E-state index contributed by atoms with van der Waals surface area (Å²) in [5.41, 5.74) is 9.04. The van der Waals surface area contributed by atoms with Crippen LogP contribution in [0.2, 0.25) is 0 Å². The molecule has 1 atom stereocenters. The molecule has 3 nitrogen and oxygen atoms in total. The topological polar surface area (TPSA) is 43.8 Å². The van der Waals surface area contributed by atoms with Crippen molar-refractivity contribution in [3.8, 4) is 0 Å². The van der Waals surface area contributed by atoms with Crippen LogP contribution < -0.4 is 5.73 Å². The molecule has 0 spiro atoms. The average Bonchev–Trinajstić information content (AvgIpc) is 2.67. The summed E-state index contributed by atoms with van der Waals surface area (Å²) >= 11 is 0. The summed E-state index contributed by atoms with van der Waals surface area (Å²) in [5, 5.41) is 4.44. The van der Waals surface area contributed by atoms with Crippen molar-refractivity contribution in [3.63, 3.8) is 0 Å².